The van der Waals surface area contributed by atoms with Crippen LogP contribution in [0.5, 0.6) is 0 Å². The van der Waals surface area contributed by atoms with Gasteiger partial charge in [-0.25, -0.2) is 0 Å². The Morgan fingerprint density at radius 2 is 1.01 bits per heavy atom. The van der Waals surface area contributed by atoms with Crippen LogP contribution in [0.15, 0.2) is 174 Å². The largest absolute Gasteiger partial charge is 0.455 e. The van der Waals surface area contributed by atoms with Crippen molar-refractivity contribution in [3.8, 4) is 55.6 Å². The molecule has 0 fully saturated rings. The lowest BCUT2D eigenvalue weighted by molar-refractivity contribution is 0.590. The van der Waals surface area contributed by atoms with Gasteiger partial charge < -0.3 is 9.32 Å². The number of anilines is 3. The van der Waals surface area contributed by atoms with Crippen LogP contribution in [0.3, 0.4) is 0 Å². The molecule has 2 heteroatoms. The van der Waals surface area contributed by atoms with E-state index in [4.69, 9.17) is 4.42 Å². The van der Waals surface area contributed by atoms with Crippen LogP contribution in [0.25, 0.3) is 77.6 Å². The molecule has 0 bridgehead atoms. The molecule has 0 spiro atoms. The second-order valence-corrected chi connectivity index (χ2v) is 23.2. The van der Waals surface area contributed by atoms with E-state index in [0.29, 0.717) is 0 Å². The van der Waals surface area contributed by atoms with E-state index in [-0.39, 0.29) is 21.7 Å². The number of furan rings is 1. The molecule has 4 aliphatic carbocycles. The first-order chi connectivity index (χ1) is 33.6. The zero-order valence-corrected chi connectivity index (χ0v) is 41.7. The third-order valence-electron chi connectivity index (χ3n) is 17.2. The third-order valence-corrected chi connectivity index (χ3v) is 17.2. The molecule has 4 aliphatic rings. The highest BCUT2D eigenvalue weighted by Crippen LogP contribution is 2.65. The van der Waals surface area contributed by atoms with Gasteiger partial charge >= 0.3 is 0 Å². The second kappa shape index (κ2) is 13.9. The van der Waals surface area contributed by atoms with Gasteiger partial charge in [-0.2, -0.15) is 0 Å². The van der Waals surface area contributed by atoms with E-state index in [1.807, 2.05) is 0 Å². The van der Waals surface area contributed by atoms with Crippen molar-refractivity contribution >= 4 is 39.0 Å². The zero-order chi connectivity index (χ0) is 47.8. The quantitative estimate of drug-likeness (QED) is 0.175. The van der Waals surface area contributed by atoms with E-state index < -0.39 is 0 Å². The second-order valence-electron chi connectivity index (χ2n) is 23.2. The third kappa shape index (κ3) is 5.40. The highest BCUT2D eigenvalue weighted by Gasteiger charge is 2.50. The molecule has 0 unspecified atom stereocenters. The fourth-order valence-corrected chi connectivity index (χ4v) is 13.7. The Hall–Kier alpha value is -7.42. The number of hydrogen-bond acceptors (Lipinski definition) is 2. The summed E-state index contributed by atoms with van der Waals surface area (Å²) in [6.07, 6.45) is 0.953. The monoisotopic (exact) mass is 903 g/mol. The van der Waals surface area contributed by atoms with Crippen molar-refractivity contribution in [2.75, 3.05) is 4.90 Å². The Morgan fingerprint density at radius 3 is 1.74 bits per heavy atom. The molecule has 0 radical (unpaired) electrons. The van der Waals surface area contributed by atoms with Crippen molar-refractivity contribution in [1.82, 2.24) is 0 Å². The minimum absolute atomic E-state index is 0.0326. The standard InChI is InChI=1S/C68H57NO/c1-65(2,3)41-27-29-42(30-28-41)69(43-32-34-48-53(36-43)66(4,5)55-38-50(39-19-11-10-12-20-39)64-61(59(48)55)49-24-16-18-26-56(49)70-64)44-31-33-47-54(37-44)68(8,9)62-58(47)51-35-40-21-13-14-22-45(40)57(51)60-46-23-15-17-25-52(46)67(6,7)63(60)62/h10-34,36-38H,35H2,1-9H3. The first kappa shape index (κ1) is 41.5. The summed E-state index contributed by atoms with van der Waals surface area (Å²) in [5.74, 6) is 0. The highest BCUT2D eigenvalue weighted by atomic mass is 16.3. The summed E-state index contributed by atoms with van der Waals surface area (Å²) in [6.45, 7) is 21.7. The average Bonchev–Trinajstić information content (AvgIpc) is 4.11. The van der Waals surface area contributed by atoms with Crippen molar-refractivity contribution in [3.05, 3.63) is 220 Å². The number of benzene rings is 9. The minimum Gasteiger partial charge on any atom is -0.455 e. The van der Waals surface area contributed by atoms with Gasteiger partial charge in [0.2, 0.25) is 0 Å². The fraction of sp³-hybridized carbons (Fsp3) is 0.206. The number of nitrogens with zero attached hydrogens (tertiary/aromatic N) is 1. The molecule has 10 aromatic rings. The Labute approximate surface area is 412 Å². The predicted octanol–water partition coefficient (Wildman–Crippen LogP) is 18.5. The molecule has 70 heavy (non-hydrogen) atoms. The van der Waals surface area contributed by atoms with Gasteiger partial charge in [0.15, 0.2) is 0 Å². The maximum Gasteiger partial charge on any atom is 0.143 e. The fourth-order valence-electron chi connectivity index (χ4n) is 13.7. The lowest BCUT2D eigenvalue weighted by atomic mass is 9.71. The summed E-state index contributed by atoms with van der Waals surface area (Å²) < 4.78 is 6.82. The van der Waals surface area contributed by atoms with Crippen LogP contribution in [0.2, 0.25) is 0 Å². The van der Waals surface area contributed by atoms with Gasteiger partial charge in [0, 0.05) is 49.6 Å². The molecule has 0 amide bonds. The van der Waals surface area contributed by atoms with Crippen LogP contribution in [0.1, 0.15) is 112 Å². The first-order valence-electron chi connectivity index (χ1n) is 25.3. The molecule has 14 rings (SSSR count). The molecule has 0 N–H and O–H groups in total. The van der Waals surface area contributed by atoms with Crippen LogP contribution in [0, 0.1) is 0 Å². The summed E-state index contributed by atoms with van der Waals surface area (Å²) in [4.78, 5) is 2.52. The van der Waals surface area contributed by atoms with Gasteiger partial charge in [0.1, 0.15) is 11.2 Å². The Balaban J connectivity index is 0.979. The molecular formula is C68H57NO. The Bertz CT molecular complexity index is 3910. The smallest absolute Gasteiger partial charge is 0.143 e. The zero-order valence-electron chi connectivity index (χ0n) is 41.7. The van der Waals surface area contributed by atoms with E-state index in [0.717, 1.165) is 39.9 Å². The van der Waals surface area contributed by atoms with Crippen LogP contribution < -0.4 is 4.90 Å². The number of hydrogen-bond donors (Lipinski definition) is 0. The van der Waals surface area contributed by atoms with Crippen LogP contribution >= 0.6 is 0 Å². The number of fused-ring (bicyclic) bond motifs is 19. The van der Waals surface area contributed by atoms with Gasteiger partial charge in [0.05, 0.1) is 0 Å². The SMILES string of the molecule is CC(C)(C)c1ccc(N(c2ccc3c(c2)C(C)(C)c2cc(-c4ccccc4)c4oc5ccccc5c4c2-3)c2ccc3c(c2)C(C)(C)c2c-3c3c(c4c2C(C)(C)c2ccccc2-4)-c2ccccc2C3)cc1. The van der Waals surface area contributed by atoms with E-state index in [1.54, 1.807) is 0 Å². The molecule has 1 aromatic heterocycles. The van der Waals surface area contributed by atoms with Gasteiger partial charge in [-0.15, -0.1) is 0 Å². The maximum atomic E-state index is 6.82. The highest BCUT2D eigenvalue weighted by molar-refractivity contribution is 6.19. The minimum atomic E-state index is -0.289. The van der Waals surface area contributed by atoms with Gasteiger partial charge in [-0.1, -0.05) is 184 Å². The van der Waals surface area contributed by atoms with Crippen molar-refractivity contribution in [2.24, 2.45) is 0 Å². The molecule has 0 atom stereocenters. The van der Waals surface area contributed by atoms with E-state index >= 15 is 0 Å². The molecule has 9 aromatic carbocycles. The summed E-state index contributed by atoms with van der Waals surface area (Å²) in [5.41, 5.74) is 30.9. The number of para-hydroxylation sites is 1. The van der Waals surface area contributed by atoms with Crippen molar-refractivity contribution in [3.63, 3.8) is 0 Å². The van der Waals surface area contributed by atoms with E-state index in [9.17, 15) is 0 Å². The van der Waals surface area contributed by atoms with E-state index in [1.165, 1.54) is 111 Å². The lowest BCUT2D eigenvalue weighted by Crippen LogP contribution is -2.24. The summed E-state index contributed by atoms with van der Waals surface area (Å²) in [7, 11) is 0. The van der Waals surface area contributed by atoms with Gasteiger partial charge in [0.25, 0.3) is 0 Å². The summed E-state index contributed by atoms with van der Waals surface area (Å²) >= 11 is 0. The normalized spacial score (nSPS) is 15.8. The number of rotatable bonds is 4. The predicted molar refractivity (Wildman–Crippen MR) is 293 cm³/mol. The molecule has 340 valence electrons. The summed E-state index contributed by atoms with van der Waals surface area (Å²) in [5, 5.41) is 2.36. The molecule has 0 saturated carbocycles. The van der Waals surface area contributed by atoms with Crippen molar-refractivity contribution in [1.29, 1.82) is 0 Å². The van der Waals surface area contributed by atoms with Crippen LogP contribution in [-0.2, 0) is 28.1 Å². The molecule has 2 nitrogen and oxygen atoms in total. The molecular weight excluding hydrogens is 847 g/mol. The van der Waals surface area contributed by atoms with E-state index in [2.05, 4.69) is 237 Å². The maximum absolute atomic E-state index is 6.82. The van der Waals surface area contributed by atoms with Gasteiger partial charge in [-0.3, -0.25) is 0 Å². The molecule has 0 saturated heterocycles. The molecule has 1 heterocycles. The van der Waals surface area contributed by atoms with Gasteiger partial charge in [-0.05, 0) is 161 Å². The van der Waals surface area contributed by atoms with Crippen molar-refractivity contribution in [2.45, 2.75) is 90.4 Å². The Kier molecular flexibility index (Phi) is 8.24. The van der Waals surface area contributed by atoms with Crippen LogP contribution in [0.4, 0.5) is 17.1 Å². The summed E-state index contributed by atoms with van der Waals surface area (Å²) in [6, 6.07) is 64.2. The van der Waals surface area contributed by atoms with Crippen molar-refractivity contribution < 1.29 is 4.42 Å². The lowest BCUT2D eigenvalue weighted by Gasteiger charge is -2.32. The average molecular weight is 904 g/mol. The topological polar surface area (TPSA) is 16.4 Å². The van der Waals surface area contributed by atoms with Crippen LogP contribution in [-0.4, -0.2) is 0 Å². The Morgan fingerprint density at radius 1 is 0.443 bits per heavy atom. The first-order valence-corrected chi connectivity index (χ1v) is 25.3. The molecule has 0 aliphatic heterocycles.